The van der Waals surface area contributed by atoms with Gasteiger partial charge in [0.2, 0.25) is 0 Å². The summed E-state index contributed by atoms with van der Waals surface area (Å²) in [7, 11) is 0. The maximum atomic E-state index is 11.2. The molecule has 0 unspecified atom stereocenters. The number of hydrogen-bond donors (Lipinski definition) is 0. The fraction of sp³-hybridized carbons (Fsp3) is 0.125. The van der Waals surface area contributed by atoms with Crippen LogP contribution >= 0.6 is 45.2 Å². The van der Waals surface area contributed by atoms with Gasteiger partial charge in [0.1, 0.15) is 6.61 Å². The van der Waals surface area contributed by atoms with E-state index in [2.05, 4.69) is 45.2 Å². The number of hydrogen-bond acceptors (Lipinski definition) is 2. The van der Waals surface area contributed by atoms with Crippen molar-refractivity contribution in [1.29, 1.82) is 0 Å². The van der Waals surface area contributed by atoms with Crippen LogP contribution in [0.1, 0.15) is 15.9 Å². The van der Waals surface area contributed by atoms with Crippen molar-refractivity contribution in [1.82, 2.24) is 0 Å². The second-order valence-electron chi connectivity index (χ2n) is 2.46. The highest BCUT2D eigenvalue weighted by Crippen LogP contribution is 2.28. The Morgan fingerprint density at radius 2 is 1.92 bits per heavy atom. The lowest BCUT2D eigenvalue weighted by Gasteiger charge is -1.99. The number of halogens is 2. The number of carbonyl (C=O) groups excluding carboxylic acids is 1. The van der Waals surface area contributed by atoms with Gasteiger partial charge in [0, 0.05) is 12.7 Å². The summed E-state index contributed by atoms with van der Waals surface area (Å²) in [5, 5.41) is 0. The van der Waals surface area contributed by atoms with Crippen LogP contribution < -0.4 is 0 Å². The van der Waals surface area contributed by atoms with Crippen LogP contribution in [0.15, 0.2) is 12.1 Å². The van der Waals surface area contributed by atoms with Crippen molar-refractivity contribution < 1.29 is 9.53 Å². The zero-order valence-corrected chi connectivity index (χ0v) is 10.2. The zero-order chi connectivity index (χ0) is 8.72. The molecule has 0 amide bonds. The molecule has 0 N–H and O–H groups in total. The number of carbonyl (C=O) groups is 1. The van der Waals surface area contributed by atoms with Crippen molar-refractivity contribution in [3.05, 3.63) is 30.4 Å². The molecule has 0 saturated carbocycles. The number of rotatable bonds is 0. The van der Waals surface area contributed by atoms with E-state index in [-0.39, 0.29) is 5.97 Å². The number of cyclic esters (lactones) is 1. The molecule has 0 saturated heterocycles. The average molecular weight is 386 g/mol. The van der Waals surface area contributed by atoms with Crippen LogP contribution in [0.5, 0.6) is 0 Å². The molecule has 1 heterocycles. The van der Waals surface area contributed by atoms with Gasteiger partial charge in [0.25, 0.3) is 0 Å². The number of benzene rings is 1. The normalized spacial score (nSPS) is 14.3. The second kappa shape index (κ2) is 3.13. The lowest BCUT2D eigenvalue weighted by atomic mass is 10.1. The van der Waals surface area contributed by atoms with E-state index in [0.717, 1.165) is 18.3 Å². The molecule has 0 aromatic heterocycles. The van der Waals surface area contributed by atoms with Gasteiger partial charge in [-0.1, -0.05) is 0 Å². The van der Waals surface area contributed by atoms with Crippen molar-refractivity contribution in [2.45, 2.75) is 6.61 Å². The van der Waals surface area contributed by atoms with Gasteiger partial charge in [-0.05, 0) is 57.3 Å². The molecular weight excluding hydrogens is 382 g/mol. The third kappa shape index (κ3) is 1.24. The minimum Gasteiger partial charge on any atom is -0.457 e. The topological polar surface area (TPSA) is 26.3 Å². The van der Waals surface area contributed by atoms with E-state index < -0.39 is 0 Å². The molecule has 62 valence electrons. The van der Waals surface area contributed by atoms with Gasteiger partial charge in [-0.25, -0.2) is 4.79 Å². The minimum atomic E-state index is -0.187. The molecule has 0 spiro atoms. The van der Waals surface area contributed by atoms with E-state index in [0.29, 0.717) is 6.61 Å². The summed E-state index contributed by atoms with van der Waals surface area (Å²) >= 11 is 4.37. The molecule has 0 atom stereocenters. The molecule has 1 aromatic carbocycles. The summed E-state index contributed by atoms with van der Waals surface area (Å²) in [6.07, 6.45) is 0. The quantitative estimate of drug-likeness (QED) is 0.507. The lowest BCUT2D eigenvalue weighted by molar-refractivity contribution is 0.0534. The lowest BCUT2D eigenvalue weighted by Crippen LogP contribution is -1.97. The van der Waals surface area contributed by atoms with E-state index in [1.807, 2.05) is 12.1 Å². The van der Waals surface area contributed by atoms with Gasteiger partial charge in [0.05, 0.1) is 5.56 Å². The largest absolute Gasteiger partial charge is 0.457 e. The van der Waals surface area contributed by atoms with E-state index in [1.165, 1.54) is 0 Å². The fourth-order valence-corrected chi connectivity index (χ4v) is 2.50. The molecule has 0 aliphatic carbocycles. The molecule has 4 heteroatoms. The van der Waals surface area contributed by atoms with E-state index in [4.69, 9.17) is 4.74 Å². The summed E-state index contributed by atoms with van der Waals surface area (Å²) < 4.78 is 7.02. The van der Waals surface area contributed by atoms with Crippen molar-refractivity contribution in [2.24, 2.45) is 0 Å². The maximum Gasteiger partial charge on any atom is 0.339 e. The van der Waals surface area contributed by atoms with E-state index >= 15 is 0 Å². The van der Waals surface area contributed by atoms with Gasteiger partial charge < -0.3 is 4.74 Å². The molecular formula is C8H4I2O2. The van der Waals surface area contributed by atoms with Crippen LogP contribution in [0.25, 0.3) is 0 Å². The monoisotopic (exact) mass is 386 g/mol. The molecule has 12 heavy (non-hydrogen) atoms. The number of ether oxygens (including phenoxy) is 1. The molecule has 0 fully saturated rings. The van der Waals surface area contributed by atoms with Crippen LogP contribution in [0.2, 0.25) is 0 Å². The van der Waals surface area contributed by atoms with E-state index in [9.17, 15) is 4.79 Å². The third-order valence-electron chi connectivity index (χ3n) is 1.76. The van der Waals surface area contributed by atoms with Gasteiger partial charge in [0.15, 0.2) is 0 Å². The zero-order valence-electron chi connectivity index (χ0n) is 5.93. The second-order valence-corrected chi connectivity index (χ2v) is 4.78. The first kappa shape index (κ1) is 8.74. The van der Waals surface area contributed by atoms with Crippen molar-refractivity contribution in [3.63, 3.8) is 0 Å². The molecule has 2 rings (SSSR count). The average Bonchev–Trinajstić information content (AvgIpc) is 2.42. The number of fused-ring (bicyclic) bond motifs is 1. The maximum absolute atomic E-state index is 11.2. The Kier molecular flexibility index (Phi) is 2.28. The van der Waals surface area contributed by atoms with Crippen molar-refractivity contribution in [3.8, 4) is 0 Å². The van der Waals surface area contributed by atoms with Crippen LogP contribution in [0.3, 0.4) is 0 Å². The van der Waals surface area contributed by atoms with Gasteiger partial charge in [-0.2, -0.15) is 0 Å². The van der Waals surface area contributed by atoms with Crippen LogP contribution in [-0.2, 0) is 11.3 Å². The molecule has 1 aromatic rings. The molecule has 1 aliphatic heterocycles. The Bertz CT molecular complexity index is 360. The summed E-state index contributed by atoms with van der Waals surface area (Å²) in [5.41, 5.74) is 1.79. The van der Waals surface area contributed by atoms with E-state index in [1.54, 1.807) is 0 Å². The first-order valence-corrected chi connectivity index (χ1v) is 5.50. The Balaban J connectivity index is 2.72. The number of esters is 1. The Hall–Kier alpha value is 0.150. The molecule has 2 nitrogen and oxygen atoms in total. The van der Waals surface area contributed by atoms with Crippen LogP contribution in [-0.4, -0.2) is 5.97 Å². The smallest absolute Gasteiger partial charge is 0.339 e. The third-order valence-corrected chi connectivity index (χ3v) is 3.67. The summed E-state index contributed by atoms with van der Waals surface area (Å²) in [6, 6.07) is 3.94. The van der Waals surface area contributed by atoms with Crippen LogP contribution in [0.4, 0.5) is 0 Å². The van der Waals surface area contributed by atoms with Gasteiger partial charge in [-0.3, -0.25) is 0 Å². The Morgan fingerprint density at radius 1 is 1.25 bits per heavy atom. The first-order chi connectivity index (χ1) is 5.70. The highest BCUT2D eigenvalue weighted by molar-refractivity contribution is 14.1. The van der Waals surface area contributed by atoms with Gasteiger partial charge in [-0.15, -0.1) is 0 Å². The minimum absolute atomic E-state index is 0.187. The SMILES string of the molecule is O=C1OCc2c(I)ccc(I)c21. The van der Waals surface area contributed by atoms with Crippen LogP contribution in [0, 0.1) is 7.14 Å². The Labute approximate surface area is 97.0 Å². The highest BCUT2D eigenvalue weighted by Gasteiger charge is 2.25. The Morgan fingerprint density at radius 3 is 2.58 bits per heavy atom. The molecule has 0 radical (unpaired) electrons. The molecule has 0 bridgehead atoms. The predicted octanol–water partition coefficient (Wildman–Crippen LogP) is 2.57. The van der Waals surface area contributed by atoms with Gasteiger partial charge >= 0.3 is 5.97 Å². The standard InChI is InChI=1S/C8H4I2O2/c9-5-1-2-6(10)7-4(5)3-12-8(7)11/h1-2H,3H2. The predicted molar refractivity (Wildman–Crippen MR) is 61.0 cm³/mol. The fourth-order valence-electron chi connectivity index (χ4n) is 1.17. The first-order valence-electron chi connectivity index (χ1n) is 3.34. The summed E-state index contributed by atoms with van der Waals surface area (Å²) in [4.78, 5) is 11.2. The summed E-state index contributed by atoms with van der Waals surface area (Å²) in [6.45, 7) is 0.434. The van der Waals surface area contributed by atoms with Crippen molar-refractivity contribution >= 4 is 51.2 Å². The highest BCUT2D eigenvalue weighted by atomic mass is 127. The molecule has 1 aliphatic rings. The van der Waals surface area contributed by atoms with Crippen molar-refractivity contribution in [2.75, 3.05) is 0 Å². The summed E-state index contributed by atoms with van der Waals surface area (Å²) in [5.74, 6) is -0.187.